The van der Waals surface area contributed by atoms with E-state index in [-0.39, 0.29) is 11.0 Å². The lowest BCUT2D eigenvalue weighted by atomic mass is 10.1. The Labute approximate surface area is 157 Å². The molecule has 0 bridgehead atoms. The first-order valence-corrected chi connectivity index (χ1v) is 8.96. The predicted molar refractivity (Wildman–Crippen MR) is 98.3 cm³/mol. The van der Waals surface area contributed by atoms with E-state index in [1.165, 1.54) is 0 Å². The Morgan fingerprint density at radius 1 is 1.33 bits per heavy atom. The number of carbonyl (C=O) groups is 1. The highest BCUT2D eigenvalue weighted by molar-refractivity contribution is 9.10. The number of nitrogens with zero attached hydrogens (tertiary/aromatic N) is 4. The molecule has 1 aromatic heterocycles. The van der Waals surface area contributed by atoms with Crippen molar-refractivity contribution in [2.45, 2.75) is 18.9 Å². The lowest BCUT2D eigenvalue weighted by Gasteiger charge is -2.09. The van der Waals surface area contributed by atoms with Gasteiger partial charge in [0, 0.05) is 4.47 Å². The predicted octanol–water partition coefficient (Wildman–Crippen LogP) is 5.61. The molecule has 0 aliphatic carbocycles. The van der Waals surface area contributed by atoms with Gasteiger partial charge in [0.2, 0.25) is 5.12 Å². The lowest BCUT2D eigenvalue weighted by Crippen LogP contribution is -2.00. The third-order valence-electron chi connectivity index (χ3n) is 3.08. The summed E-state index contributed by atoms with van der Waals surface area (Å²) >= 11 is 9.74. The largest absolute Gasteiger partial charge is 0.285 e. The number of carbonyl (C=O) groups excluding carboxylic acids is 1. The third kappa shape index (κ3) is 4.41. The van der Waals surface area contributed by atoms with Gasteiger partial charge in [-0.1, -0.05) is 15.9 Å². The van der Waals surface area contributed by atoms with Crippen molar-refractivity contribution < 1.29 is 4.79 Å². The first-order chi connectivity index (χ1) is 11.5. The first-order valence-electron chi connectivity index (χ1n) is 6.81. The topological polar surface area (TPSA) is 78.5 Å². The number of aryl methyl sites for hydroxylation is 1. The van der Waals surface area contributed by atoms with E-state index in [4.69, 9.17) is 11.6 Å². The van der Waals surface area contributed by atoms with Crippen LogP contribution in [0.4, 0.5) is 11.4 Å². The first kappa shape index (κ1) is 18.6. The Bertz CT molecular complexity index is 847. The molecule has 0 atom stereocenters. The standard InChI is InChI=1S/C16H12BrClN4OS/c1-9-13(8-19)16(24-14(23)7-18)20-10(2)15(9)22-21-12-5-3-11(17)4-6-12/h3-6H,7H2,1-2H3. The molecule has 24 heavy (non-hydrogen) atoms. The Kier molecular flexibility index (Phi) is 6.49. The second-order valence-electron chi connectivity index (χ2n) is 4.75. The van der Waals surface area contributed by atoms with Crippen LogP contribution in [0.15, 0.2) is 44.0 Å². The molecule has 1 aromatic carbocycles. The van der Waals surface area contributed by atoms with Crippen LogP contribution in [-0.4, -0.2) is 16.0 Å². The van der Waals surface area contributed by atoms with E-state index in [0.717, 1.165) is 16.2 Å². The van der Waals surface area contributed by atoms with Crippen molar-refractivity contribution in [1.82, 2.24) is 4.98 Å². The van der Waals surface area contributed by atoms with Crippen molar-refractivity contribution in [3.63, 3.8) is 0 Å². The van der Waals surface area contributed by atoms with Crippen LogP contribution in [0.1, 0.15) is 16.8 Å². The van der Waals surface area contributed by atoms with Crippen LogP contribution in [0.25, 0.3) is 0 Å². The molecule has 0 aliphatic rings. The molecule has 0 saturated heterocycles. The highest BCUT2D eigenvalue weighted by Crippen LogP contribution is 2.33. The van der Waals surface area contributed by atoms with Crippen molar-refractivity contribution in [1.29, 1.82) is 5.26 Å². The molecule has 0 radical (unpaired) electrons. The van der Waals surface area contributed by atoms with Gasteiger partial charge in [-0.2, -0.15) is 10.4 Å². The number of thioether (sulfide) groups is 1. The average Bonchev–Trinajstić information content (AvgIpc) is 2.56. The molecule has 0 spiro atoms. The minimum absolute atomic E-state index is 0.139. The normalized spacial score (nSPS) is 10.8. The molecule has 0 unspecified atom stereocenters. The molecule has 2 rings (SSSR count). The van der Waals surface area contributed by atoms with Gasteiger partial charge in [-0.3, -0.25) is 4.79 Å². The summed E-state index contributed by atoms with van der Waals surface area (Å²) in [5, 5.41) is 17.9. The fraction of sp³-hybridized carbons (Fsp3) is 0.188. The van der Waals surface area contributed by atoms with Gasteiger partial charge >= 0.3 is 0 Å². The molecule has 8 heteroatoms. The highest BCUT2D eigenvalue weighted by Gasteiger charge is 2.17. The minimum atomic E-state index is -0.260. The number of rotatable bonds is 4. The second kappa shape index (κ2) is 8.38. The molecule has 1 heterocycles. The molecule has 0 amide bonds. The van der Waals surface area contributed by atoms with E-state index in [1.807, 2.05) is 24.3 Å². The van der Waals surface area contributed by atoms with E-state index >= 15 is 0 Å². The van der Waals surface area contributed by atoms with E-state index in [1.54, 1.807) is 13.8 Å². The maximum atomic E-state index is 11.5. The van der Waals surface area contributed by atoms with Crippen LogP contribution in [-0.2, 0) is 4.79 Å². The van der Waals surface area contributed by atoms with Gasteiger partial charge in [0.25, 0.3) is 0 Å². The van der Waals surface area contributed by atoms with Gasteiger partial charge in [-0.05, 0) is 55.4 Å². The Morgan fingerprint density at radius 3 is 2.58 bits per heavy atom. The van der Waals surface area contributed by atoms with Gasteiger partial charge in [-0.15, -0.1) is 16.7 Å². The maximum Gasteiger partial charge on any atom is 0.209 e. The van der Waals surface area contributed by atoms with Crippen molar-refractivity contribution in [2.75, 3.05) is 5.88 Å². The zero-order valence-electron chi connectivity index (χ0n) is 12.9. The van der Waals surface area contributed by atoms with Crippen LogP contribution in [0.5, 0.6) is 0 Å². The van der Waals surface area contributed by atoms with Gasteiger partial charge < -0.3 is 0 Å². The quantitative estimate of drug-likeness (QED) is 0.364. The van der Waals surface area contributed by atoms with E-state index in [2.05, 4.69) is 37.2 Å². The Hall–Kier alpha value is -1.75. The number of alkyl halides is 1. The molecule has 0 aliphatic heterocycles. The summed E-state index contributed by atoms with van der Waals surface area (Å²) in [6, 6.07) is 9.45. The summed E-state index contributed by atoms with van der Waals surface area (Å²) in [7, 11) is 0. The van der Waals surface area contributed by atoms with Gasteiger partial charge in [0.1, 0.15) is 16.8 Å². The summed E-state index contributed by atoms with van der Waals surface area (Å²) in [5.41, 5.74) is 2.75. The van der Waals surface area contributed by atoms with E-state index < -0.39 is 0 Å². The molecule has 0 fully saturated rings. The van der Waals surface area contributed by atoms with E-state index in [9.17, 15) is 10.1 Å². The van der Waals surface area contributed by atoms with Crippen LogP contribution < -0.4 is 0 Å². The number of benzene rings is 1. The Morgan fingerprint density at radius 2 is 2.00 bits per heavy atom. The van der Waals surface area contributed by atoms with Gasteiger partial charge in [0.15, 0.2) is 0 Å². The third-order valence-corrected chi connectivity index (χ3v) is 4.87. The molecular formula is C16H12BrClN4OS. The summed E-state index contributed by atoms with van der Waals surface area (Å²) in [5.74, 6) is -0.139. The van der Waals surface area contributed by atoms with Crippen LogP contribution in [0.2, 0.25) is 0 Å². The molecular weight excluding hydrogens is 412 g/mol. The second-order valence-corrected chi connectivity index (χ2v) is 6.98. The summed E-state index contributed by atoms with van der Waals surface area (Å²) in [6.07, 6.45) is 0. The smallest absolute Gasteiger partial charge is 0.209 e. The number of aromatic nitrogens is 1. The van der Waals surface area contributed by atoms with E-state index in [0.29, 0.717) is 33.2 Å². The molecule has 122 valence electrons. The maximum absolute atomic E-state index is 11.5. The average molecular weight is 424 g/mol. The number of hydrogen-bond donors (Lipinski definition) is 0. The summed E-state index contributed by atoms with van der Waals surface area (Å²) in [6.45, 7) is 3.53. The van der Waals surface area contributed by atoms with Crippen molar-refractivity contribution >= 4 is 55.8 Å². The summed E-state index contributed by atoms with van der Waals surface area (Å²) in [4.78, 5) is 15.8. The molecule has 0 saturated carbocycles. The van der Waals surface area contributed by atoms with Crippen LogP contribution in [0.3, 0.4) is 0 Å². The molecule has 0 N–H and O–H groups in total. The molecule has 2 aromatic rings. The van der Waals surface area contributed by atoms with Crippen LogP contribution >= 0.6 is 39.3 Å². The minimum Gasteiger partial charge on any atom is -0.285 e. The number of halogens is 2. The van der Waals surface area contributed by atoms with Crippen molar-refractivity contribution in [3.8, 4) is 6.07 Å². The number of nitriles is 1. The fourth-order valence-corrected chi connectivity index (χ4v) is 3.10. The SMILES string of the molecule is Cc1nc(SC(=O)CCl)c(C#N)c(C)c1N=Nc1ccc(Br)cc1. The van der Waals surface area contributed by atoms with Crippen molar-refractivity contribution in [2.24, 2.45) is 10.2 Å². The van der Waals surface area contributed by atoms with Crippen LogP contribution in [0, 0.1) is 25.2 Å². The zero-order valence-corrected chi connectivity index (χ0v) is 16.0. The monoisotopic (exact) mass is 422 g/mol. The number of hydrogen-bond acceptors (Lipinski definition) is 6. The number of pyridine rings is 1. The summed E-state index contributed by atoms with van der Waals surface area (Å²) < 4.78 is 0.951. The fourth-order valence-electron chi connectivity index (χ4n) is 1.91. The highest BCUT2D eigenvalue weighted by atomic mass is 79.9. The van der Waals surface area contributed by atoms with Gasteiger partial charge in [-0.25, -0.2) is 4.98 Å². The van der Waals surface area contributed by atoms with Crippen molar-refractivity contribution in [3.05, 3.63) is 45.6 Å². The van der Waals surface area contributed by atoms with Gasteiger partial charge in [0.05, 0.1) is 22.8 Å². The Balaban J connectivity index is 2.42. The lowest BCUT2D eigenvalue weighted by molar-refractivity contribution is -0.108. The zero-order chi connectivity index (χ0) is 17.7. The number of azo groups is 1. The molecule has 5 nitrogen and oxygen atoms in total.